The lowest BCUT2D eigenvalue weighted by Gasteiger charge is -2.30. The van der Waals surface area contributed by atoms with E-state index in [1.807, 2.05) is 53.7 Å². The molecule has 0 amide bonds. The van der Waals surface area contributed by atoms with E-state index in [-0.39, 0.29) is 23.7 Å². The molecule has 2 aromatic rings. The molecule has 1 fully saturated rings. The van der Waals surface area contributed by atoms with Crippen molar-refractivity contribution in [3.05, 3.63) is 70.3 Å². The van der Waals surface area contributed by atoms with Crippen molar-refractivity contribution >= 4 is 18.0 Å². The van der Waals surface area contributed by atoms with Crippen LogP contribution in [0.3, 0.4) is 0 Å². The smallest absolute Gasteiger partial charge is 0.306 e. The zero-order chi connectivity index (χ0) is 27.5. The second-order valence-electron chi connectivity index (χ2n) is 10.7. The average Bonchev–Trinajstić information content (AvgIpc) is 2.97. The first-order chi connectivity index (χ1) is 19.0. The molecule has 7 heteroatoms. The van der Waals surface area contributed by atoms with Crippen LogP contribution >= 0.6 is 0 Å². The fraction of sp³-hybridized carbons (Fsp3) is 0.531. The number of esters is 1. The SMILES string of the molecule is CCCCCCCCOC(=O)CC1CCc2cc(C(=O)c3ccc(C=NN4CCOCC4)cc3)ccc2C1N. The summed E-state index contributed by atoms with van der Waals surface area (Å²) in [6, 6.07) is 13.1. The summed E-state index contributed by atoms with van der Waals surface area (Å²) in [5.74, 6) is -0.107. The van der Waals surface area contributed by atoms with Gasteiger partial charge in [-0.2, -0.15) is 5.10 Å². The van der Waals surface area contributed by atoms with Gasteiger partial charge in [-0.1, -0.05) is 75.4 Å². The van der Waals surface area contributed by atoms with Gasteiger partial charge >= 0.3 is 5.97 Å². The molecule has 0 radical (unpaired) electrons. The number of hydrogen-bond donors (Lipinski definition) is 1. The third-order valence-corrected chi connectivity index (χ3v) is 7.78. The molecule has 2 atom stereocenters. The molecule has 1 aliphatic heterocycles. The van der Waals surface area contributed by atoms with Crippen molar-refractivity contribution in [1.82, 2.24) is 5.01 Å². The molecule has 1 aliphatic carbocycles. The molecule has 2 N–H and O–H groups in total. The van der Waals surface area contributed by atoms with Gasteiger partial charge in [0, 0.05) is 17.2 Å². The maximum absolute atomic E-state index is 13.2. The van der Waals surface area contributed by atoms with Gasteiger partial charge in [0.2, 0.25) is 0 Å². The minimum Gasteiger partial charge on any atom is -0.466 e. The number of rotatable bonds is 13. The van der Waals surface area contributed by atoms with Crippen LogP contribution in [0.5, 0.6) is 0 Å². The third kappa shape index (κ3) is 8.48. The van der Waals surface area contributed by atoms with Crippen molar-refractivity contribution in [3.8, 4) is 0 Å². The van der Waals surface area contributed by atoms with E-state index in [2.05, 4.69) is 12.0 Å². The minimum absolute atomic E-state index is 0.0107. The van der Waals surface area contributed by atoms with Crippen LogP contribution in [0.15, 0.2) is 47.6 Å². The Morgan fingerprint density at radius 1 is 1.03 bits per heavy atom. The Kier molecular flexibility index (Phi) is 11.1. The fourth-order valence-corrected chi connectivity index (χ4v) is 5.34. The second-order valence-corrected chi connectivity index (χ2v) is 10.7. The van der Waals surface area contributed by atoms with Crippen LogP contribution < -0.4 is 5.73 Å². The standard InChI is InChI=1S/C32H43N3O4/c1-2-3-4-5-6-7-18-39-30(36)22-27-13-12-26-21-28(14-15-29(26)31(27)33)32(37)25-10-8-24(9-11-25)23-34-35-16-19-38-20-17-35/h8-11,14-15,21,23,27,31H,2-7,12-13,16-20,22,33H2,1H3. The molecule has 0 bridgehead atoms. The molecule has 0 spiro atoms. The van der Waals surface area contributed by atoms with E-state index in [4.69, 9.17) is 15.2 Å². The molecule has 2 unspecified atom stereocenters. The van der Waals surface area contributed by atoms with Crippen molar-refractivity contribution in [3.63, 3.8) is 0 Å². The average molecular weight is 534 g/mol. The number of benzene rings is 2. The van der Waals surface area contributed by atoms with E-state index in [0.29, 0.717) is 37.4 Å². The van der Waals surface area contributed by atoms with Crippen molar-refractivity contribution in [2.75, 3.05) is 32.9 Å². The number of hydrogen-bond acceptors (Lipinski definition) is 7. The molecule has 0 saturated carbocycles. The molecule has 2 aliphatic rings. The monoisotopic (exact) mass is 533 g/mol. The van der Waals surface area contributed by atoms with Crippen LogP contribution in [-0.4, -0.2) is 55.9 Å². The number of nitrogens with zero attached hydrogens (tertiary/aromatic N) is 2. The normalized spacial score (nSPS) is 19.2. The van der Waals surface area contributed by atoms with Crippen molar-refractivity contribution < 1.29 is 19.1 Å². The van der Waals surface area contributed by atoms with Gasteiger partial charge in [0.1, 0.15) is 0 Å². The summed E-state index contributed by atoms with van der Waals surface area (Å²) in [5.41, 5.74) is 11.0. The molecule has 1 saturated heterocycles. The topological polar surface area (TPSA) is 94.2 Å². The van der Waals surface area contributed by atoms with Crippen LogP contribution in [0.2, 0.25) is 0 Å². The molecule has 39 heavy (non-hydrogen) atoms. The number of hydrazone groups is 1. The van der Waals surface area contributed by atoms with E-state index >= 15 is 0 Å². The first-order valence-electron chi connectivity index (χ1n) is 14.6. The van der Waals surface area contributed by atoms with Gasteiger partial charge < -0.3 is 15.2 Å². The molecule has 4 rings (SSSR count). The highest BCUT2D eigenvalue weighted by molar-refractivity contribution is 6.09. The number of ketones is 1. The second kappa shape index (κ2) is 14.9. The van der Waals surface area contributed by atoms with Crippen LogP contribution in [0.25, 0.3) is 0 Å². The summed E-state index contributed by atoms with van der Waals surface area (Å²) in [4.78, 5) is 25.6. The zero-order valence-electron chi connectivity index (χ0n) is 23.3. The van der Waals surface area contributed by atoms with Gasteiger partial charge in [-0.25, -0.2) is 0 Å². The van der Waals surface area contributed by atoms with E-state index in [1.165, 1.54) is 25.7 Å². The number of ether oxygens (including phenoxy) is 2. The summed E-state index contributed by atoms with van der Waals surface area (Å²) in [6.07, 6.45) is 10.8. The minimum atomic E-state index is -0.232. The number of unbranched alkanes of at least 4 members (excludes halogenated alkanes) is 5. The van der Waals surface area contributed by atoms with E-state index < -0.39 is 0 Å². The Bertz CT molecular complexity index is 1110. The van der Waals surface area contributed by atoms with Crippen LogP contribution in [0.1, 0.15) is 96.9 Å². The van der Waals surface area contributed by atoms with Gasteiger partial charge in [0.05, 0.1) is 45.5 Å². The predicted molar refractivity (Wildman–Crippen MR) is 154 cm³/mol. The Balaban J connectivity index is 1.28. The van der Waals surface area contributed by atoms with Crippen LogP contribution in [0.4, 0.5) is 0 Å². The Morgan fingerprint density at radius 3 is 2.51 bits per heavy atom. The maximum atomic E-state index is 13.2. The van der Waals surface area contributed by atoms with Gasteiger partial charge in [0.25, 0.3) is 0 Å². The van der Waals surface area contributed by atoms with E-state index in [9.17, 15) is 9.59 Å². The molecular formula is C32H43N3O4. The quantitative estimate of drug-likeness (QED) is 0.159. The van der Waals surface area contributed by atoms with Gasteiger partial charge in [-0.3, -0.25) is 14.6 Å². The van der Waals surface area contributed by atoms with Crippen LogP contribution in [0, 0.1) is 5.92 Å². The van der Waals surface area contributed by atoms with E-state index in [1.54, 1.807) is 0 Å². The Labute approximate surface area is 232 Å². The summed E-state index contributed by atoms with van der Waals surface area (Å²) in [6.45, 7) is 5.68. The highest BCUT2D eigenvalue weighted by atomic mass is 16.5. The number of nitrogens with two attached hydrogens (primary N) is 1. The number of fused-ring (bicyclic) bond motifs is 1. The first-order valence-corrected chi connectivity index (χ1v) is 14.6. The first kappa shape index (κ1) is 29.0. The van der Waals surface area contributed by atoms with Crippen molar-refractivity contribution in [2.24, 2.45) is 16.8 Å². The molecule has 2 aromatic carbocycles. The summed E-state index contributed by atoms with van der Waals surface area (Å²) in [5, 5.41) is 6.49. The lowest BCUT2D eigenvalue weighted by molar-refractivity contribution is -0.145. The van der Waals surface area contributed by atoms with Crippen molar-refractivity contribution in [1.29, 1.82) is 0 Å². The highest BCUT2D eigenvalue weighted by Crippen LogP contribution is 2.35. The summed E-state index contributed by atoms with van der Waals surface area (Å²) >= 11 is 0. The number of carbonyl (C=O) groups is 2. The van der Waals surface area contributed by atoms with Gasteiger partial charge in [-0.05, 0) is 47.9 Å². The number of aryl methyl sites for hydroxylation is 1. The lowest BCUT2D eigenvalue weighted by atomic mass is 9.78. The molecule has 0 aromatic heterocycles. The number of carbonyl (C=O) groups excluding carboxylic acids is 2. The van der Waals surface area contributed by atoms with Gasteiger partial charge in [0.15, 0.2) is 5.78 Å². The maximum Gasteiger partial charge on any atom is 0.306 e. The molecular weight excluding hydrogens is 490 g/mol. The molecule has 210 valence electrons. The number of morpholine rings is 1. The van der Waals surface area contributed by atoms with Crippen molar-refractivity contribution in [2.45, 2.75) is 70.8 Å². The highest BCUT2D eigenvalue weighted by Gasteiger charge is 2.29. The van der Waals surface area contributed by atoms with Gasteiger partial charge in [-0.15, -0.1) is 0 Å². The largest absolute Gasteiger partial charge is 0.466 e. The Morgan fingerprint density at radius 2 is 1.74 bits per heavy atom. The fourth-order valence-electron chi connectivity index (χ4n) is 5.34. The summed E-state index contributed by atoms with van der Waals surface area (Å²) < 4.78 is 10.8. The molecule has 7 nitrogen and oxygen atoms in total. The lowest BCUT2D eigenvalue weighted by Crippen LogP contribution is -2.32. The van der Waals surface area contributed by atoms with Crippen LogP contribution in [-0.2, 0) is 20.7 Å². The summed E-state index contributed by atoms with van der Waals surface area (Å²) in [7, 11) is 0. The predicted octanol–water partition coefficient (Wildman–Crippen LogP) is 5.44. The third-order valence-electron chi connectivity index (χ3n) is 7.78. The molecule has 1 heterocycles. The Hall–Kier alpha value is -3.03. The zero-order valence-corrected chi connectivity index (χ0v) is 23.3. The van der Waals surface area contributed by atoms with E-state index in [0.717, 1.165) is 55.5 Å².